The number of hydrogen-bond acceptors (Lipinski definition) is 3. The number of pyridine rings is 1. The molecule has 0 saturated heterocycles. The Labute approximate surface area is 96.9 Å². The molecular weight excluding hydrogens is 218 g/mol. The molecule has 1 aromatic carbocycles. The third-order valence-corrected chi connectivity index (χ3v) is 2.15. The molecule has 82 valence electrons. The summed E-state index contributed by atoms with van der Waals surface area (Å²) in [5.74, 6) is 3.34. The molecule has 2 aromatic rings. The molecule has 4 heteroatoms. The van der Waals surface area contributed by atoms with Crippen molar-refractivity contribution in [1.29, 1.82) is 0 Å². The average molecular weight is 225 g/mol. The number of benzene rings is 1. The molecule has 0 aliphatic rings. The van der Waals surface area contributed by atoms with E-state index in [1.807, 2.05) is 5.92 Å². The van der Waals surface area contributed by atoms with Crippen LogP contribution in [0.5, 0.6) is 0 Å². The van der Waals surface area contributed by atoms with Crippen LogP contribution in [-0.2, 0) is 4.79 Å². The fourth-order valence-electron chi connectivity index (χ4n) is 1.40. The summed E-state index contributed by atoms with van der Waals surface area (Å²) in [7, 11) is 0. The molecule has 0 radical (unpaired) electrons. The molecule has 4 nitrogen and oxygen atoms in total. The minimum atomic E-state index is -1.18. The Balaban J connectivity index is 2.53. The first kappa shape index (κ1) is 10.8. The van der Waals surface area contributed by atoms with Gasteiger partial charge in [-0.2, -0.15) is 0 Å². The second-order valence-electron chi connectivity index (χ2n) is 3.32. The summed E-state index contributed by atoms with van der Waals surface area (Å²) in [4.78, 5) is 25.0. The Hall–Kier alpha value is -2.67. The Morgan fingerprint density at radius 1 is 1.29 bits per heavy atom. The van der Waals surface area contributed by atoms with Crippen LogP contribution in [0.3, 0.4) is 0 Å². The van der Waals surface area contributed by atoms with E-state index in [4.69, 9.17) is 5.11 Å². The zero-order valence-electron chi connectivity index (χ0n) is 8.68. The molecule has 2 rings (SSSR count). The number of carbonyl (C=O) groups excluding carboxylic acids is 1. The number of fused-ring (bicyclic) bond motifs is 1. The van der Waals surface area contributed by atoms with E-state index in [1.165, 1.54) is 0 Å². The van der Waals surface area contributed by atoms with E-state index in [2.05, 4.69) is 10.9 Å². The van der Waals surface area contributed by atoms with Crippen LogP contribution in [0.15, 0.2) is 30.3 Å². The van der Waals surface area contributed by atoms with Gasteiger partial charge in [-0.3, -0.25) is 4.79 Å². The molecule has 17 heavy (non-hydrogen) atoms. The molecule has 0 amide bonds. The molecule has 0 bridgehead atoms. The van der Waals surface area contributed by atoms with E-state index in [1.54, 1.807) is 30.3 Å². The molecule has 0 atom stereocenters. The van der Waals surface area contributed by atoms with Crippen molar-refractivity contribution in [3.63, 3.8) is 0 Å². The van der Waals surface area contributed by atoms with Crippen LogP contribution in [0.4, 0.5) is 0 Å². The van der Waals surface area contributed by atoms with Gasteiger partial charge in [0.1, 0.15) is 5.69 Å². The number of carboxylic acid groups (broad SMARTS) is 1. The summed E-state index contributed by atoms with van der Waals surface area (Å²) in [6.07, 6.45) is 0.662. The van der Waals surface area contributed by atoms with Gasteiger partial charge in [0.05, 0.1) is 5.52 Å². The Morgan fingerprint density at radius 2 is 2.06 bits per heavy atom. The van der Waals surface area contributed by atoms with Gasteiger partial charge in [0.2, 0.25) is 0 Å². The number of aliphatic carboxylic acids is 1. The number of aromatic nitrogens is 1. The van der Waals surface area contributed by atoms with Gasteiger partial charge in [0.15, 0.2) is 6.29 Å². The molecule has 0 fully saturated rings. The van der Waals surface area contributed by atoms with Crippen molar-refractivity contribution in [3.8, 4) is 11.8 Å². The number of carbonyl (C=O) groups is 2. The molecule has 1 heterocycles. The predicted octanol–water partition coefficient (Wildman–Crippen LogP) is 1.48. The maximum atomic E-state index is 10.6. The second-order valence-corrected chi connectivity index (χ2v) is 3.32. The lowest BCUT2D eigenvalue weighted by Crippen LogP contribution is -1.89. The van der Waals surface area contributed by atoms with Crippen LogP contribution in [0, 0.1) is 11.8 Å². The monoisotopic (exact) mass is 225 g/mol. The maximum Gasteiger partial charge on any atom is 0.382 e. The second kappa shape index (κ2) is 4.45. The van der Waals surface area contributed by atoms with Gasteiger partial charge >= 0.3 is 5.97 Å². The van der Waals surface area contributed by atoms with Crippen molar-refractivity contribution in [3.05, 3.63) is 41.6 Å². The van der Waals surface area contributed by atoms with Crippen molar-refractivity contribution in [2.75, 3.05) is 0 Å². The van der Waals surface area contributed by atoms with Gasteiger partial charge in [-0.05, 0) is 18.2 Å². The molecule has 0 saturated carbocycles. The summed E-state index contributed by atoms with van der Waals surface area (Å²) in [6.45, 7) is 0. The lowest BCUT2D eigenvalue weighted by molar-refractivity contribution is -0.130. The lowest BCUT2D eigenvalue weighted by Gasteiger charge is -1.98. The van der Waals surface area contributed by atoms with Gasteiger partial charge in [0.25, 0.3) is 0 Å². The summed E-state index contributed by atoms with van der Waals surface area (Å²) >= 11 is 0. The predicted molar refractivity (Wildman–Crippen MR) is 61.6 cm³/mol. The third kappa shape index (κ3) is 2.47. The van der Waals surface area contributed by atoms with E-state index in [0.717, 1.165) is 5.39 Å². The summed E-state index contributed by atoms with van der Waals surface area (Å²) < 4.78 is 0. The van der Waals surface area contributed by atoms with Crippen LogP contribution in [-0.4, -0.2) is 22.3 Å². The van der Waals surface area contributed by atoms with Crippen LogP contribution in [0.25, 0.3) is 10.9 Å². The van der Waals surface area contributed by atoms with Crippen molar-refractivity contribution in [2.45, 2.75) is 0 Å². The SMILES string of the molecule is O=Cc1ccc2ccc(C#CC(=O)O)cc2n1. The van der Waals surface area contributed by atoms with Gasteiger partial charge in [0, 0.05) is 16.9 Å². The highest BCUT2D eigenvalue weighted by Crippen LogP contribution is 2.13. The number of rotatable bonds is 1. The fourth-order valence-corrected chi connectivity index (χ4v) is 1.40. The Kier molecular flexibility index (Phi) is 2.84. The summed E-state index contributed by atoms with van der Waals surface area (Å²) in [5, 5.41) is 9.31. The van der Waals surface area contributed by atoms with Crippen molar-refractivity contribution in [2.24, 2.45) is 0 Å². The maximum absolute atomic E-state index is 10.6. The number of aldehydes is 1. The minimum absolute atomic E-state index is 0.334. The Bertz CT molecular complexity index is 665. The quantitative estimate of drug-likeness (QED) is 0.589. The average Bonchev–Trinajstić information content (AvgIpc) is 2.35. The number of hydrogen-bond donors (Lipinski definition) is 1. The van der Waals surface area contributed by atoms with Gasteiger partial charge in [-0.25, -0.2) is 9.78 Å². The standard InChI is InChI=1S/C13H7NO3/c15-8-11-5-4-10-3-1-9(2-6-13(16)17)7-12(10)14-11/h1,3-5,7-8H,(H,16,17). The number of nitrogens with zero attached hydrogens (tertiary/aromatic N) is 1. The van der Waals surface area contributed by atoms with Crippen molar-refractivity contribution in [1.82, 2.24) is 4.98 Å². The smallest absolute Gasteiger partial charge is 0.382 e. The highest BCUT2D eigenvalue weighted by Gasteiger charge is 1.98. The first-order chi connectivity index (χ1) is 8.19. The van der Waals surface area contributed by atoms with Gasteiger partial charge in [-0.1, -0.05) is 18.1 Å². The largest absolute Gasteiger partial charge is 0.472 e. The normalized spacial score (nSPS) is 9.41. The summed E-state index contributed by atoms with van der Waals surface area (Å²) in [5.41, 5.74) is 1.50. The van der Waals surface area contributed by atoms with E-state index in [9.17, 15) is 9.59 Å². The molecule has 0 aliphatic heterocycles. The number of carboxylic acids is 1. The molecule has 1 N–H and O–H groups in total. The van der Waals surface area contributed by atoms with E-state index >= 15 is 0 Å². The molecular formula is C13H7NO3. The van der Waals surface area contributed by atoms with E-state index < -0.39 is 5.97 Å². The highest BCUT2D eigenvalue weighted by atomic mass is 16.4. The van der Waals surface area contributed by atoms with E-state index in [0.29, 0.717) is 23.1 Å². The van der Waals surface area contributed by atoms with Crippen molar-refractivity contribution < 1.29 is 14.7 Å². The van der Waals surface area contributed by atoms with Crippen LogP contribution in [0.1, 0.15) is 16.1 Å². The van der Waals surface area contributed by atoms with Crippen LogP contribution >= 0.6 is 0 Å². The molecule has 1 aromatic heterocycles. The minimum Gasteiger partial charge on any atom is -0.472 e. The molecule has 0 aliphatic carbocycles. The lowest BCUT2D eigenvalue weighted by atomic mass is 10.1. The van der Waals surface area contributed by atoms with E-state index in [-0.39, 0.29) is 0 Å². The third-order valence-electron chi connectivity index (χ3n) is 2.15. The zero-order chi connectivity index (χ0) is 12.3. The first-order valence-electron chi connectivity index (χ1n) is 4.80. The first-order valence-corrected chi connectivity index (χ1v) is 4.80. The summed E-state index contributed by atoms with van der Waals surface area (Å²) in [6, 6.07) is 8.54. The fraction of sp³-hybridized carbons (Fsp3) is 0. The Morgan fingerprint density at radius 3 is 2.76 bits per heavy atom. The van der Waals surface area contributed by atoms with Gasteiger partial charge in [-0.15, -0.1) is 0 Å². The highest BCUT2D eigenvalue weighted by molar-refractivity contribution is 5.88. The zero-order valence-corrected chi connectivity index (χ0v) is 8.68. The molecule has 0 spiro atoms. The topological polar surface area (TPSA) is 67.3 Å². The molecule has 0 unspecified atom stereocenters. The van der Waals surface area contributed by atoms with Crippen LogP contribution < -0.4 is 0 Å². The van der Waals surface area contributed by atoms with Crippen LogP contribution in [0.2, 0.25) is 0 Å². The van der Waals surface area contributed by atoms with Gasteiger partial charge < -0.3 is 5.11 Å². The van der Waals surface area contributed by atoms with Crippen molar-refractivity contribution >= 4 is 23.2 Å².